The van der Waals surface area contributed by atoms with E-state index in [4.69, 9.17) is 216 Å². The highest BCUT2D eigenvalue weighted by Crippen LogP contribution is 2.42. The molecule has 0 spiro atoms. The van der Waals surface area contributed by atoms with Crippen molar-refractivity contribution in [2.45, 2.75) is 0 Å². The molecule has 8 aromatic carbocycles. The van der Waals surface area contributed by atoms with Gasteiger partial charge in [-0.05, 0) is 77.0 Å². The van der Waals surface area contributed by atoms with Gasteiger partial charge in [-0.2, -0.15) is 0 Å². The lowest BCUT2D eigenvalue weighted by Crippen LogP contribution is -2.57. The summed E-state index contributed by atoms with van der Waals surface area (Å²) < 4.78 is 6.18. The van der Waals surface area contributed by atoms with E-state index in [9.17, 15) is 5.11 Å². The molecule has 54 radical (unpaired) electrons. The van der Waals surface area contributed by atoms with E-state index in [1.54, 1.807) is 0 Å². The van der Waals surface area contributed by atoms with Gasteiger partial charge in [0.05, 0.1) is 0 Å². The molecule has 1 N–H and O–H groups in total. The molecule has 0 unspecified atom stereocenters. The van der Waals surface area contributed by atoms with Crippen molar-refractivity contribution < 1.29 is 9.52 Å². The van der Waals surface area contributed by atoms with E-state index in [-0.39, 0.29) is 225 Å². The van der Waals surface area contributed by atoms with Crippen molar-refractivity contribution in [3.8, 4) is 50.3 Å². The minimum Gasteiger partial charge on any atom is -0.509 e. The summed E-state index contributed by atoms with van der Waals surface area (Å²) in [6.45, 7) is 0. The molecule has 0 atom stereocenters. The van der Waals surface area contributed by atoms with Gasteiger partial charge in [0.25, 0.3) is 0 Å². The van der Waals surface area contributed by atoms with Crippen molar-refractivity contribution >= 4 is 403 Å². The number of furan rings is 1. The lowest BCUT2D eigenvalue weighted by Gasteiger charge is -2.34. The zero-order valence-corrected chi connectivity index (χ0v) is 38.4. The maximum absolute atomic E-state index is 11.8. The van der Waals surface area contributed by atoms with Gasteiger partial charge in [0.2, 0.25) is 0 Å². The predicted molar refractivity (Wildman–Crippen MR) is 338 cm³/mol. The molecule has 0 saturated carbocycles. The molecule has 9 rings (SSSR count). The summed E-state index contributed by atoms with van der Waals surface area (Å²) >= 11 is 0. The van der Waals surface area contributed by atoms with E-state index in [1.807, 2.05) is 0 Å². The van der Waals surface area contributed by atoms with Crippen LogP contribution in [-0.2, 0) is 0 Å². The number of phenols is 1. The summed E-state index contributed by atoms with van der Waals surface area (Å²) in [5.74, 6) is -0.725. The highest BCUT2D eigenvalue weighted by molar-refractivity contribution is 6.76. The van der Waals surface area contributed by atoms with Gasteiger partial charge < -0.3 is 9.52 Å². The summed E-state index contributed by atoms with van der Waals surface area (Å²) in [5, 5.41) is 11.5. The second kappa shape index (κ2) is 18.1. The van der Waals surface area contributed by atoms with Crippen LogP contribution in [0, 0.1) is 0 Å². The van der Waals surface area contributed by atoms with Gasteiger partial charge >= 0.3 is 0 Å². The van der Waals surface area contributed by atoms with Crippen LogP contribution in [-0.4, -0.2) is 217 Å². The number of hydrogen-bond acceptors (Lipinski definition) is 2. The van der Waals surface area contributed by atoms with Crippen LogP contribution in [0.3, 0.4) is 0 Å². The quantitative estimate of drug-likeness (QED) is 0.141. The number of aromatic hydroxyl groups is 1. The Morgan fingerprint density at radius 1 is 0.164 bits per heavy atom. The lowest BCUT2D eigenvalue weighted by atomic mass is 9.55. The van der Waals surface area contributed by atoms with Crippen LogP contribution in [0.1, 0.15) is 0 Å². The molecule has 73 heavy (non-hydrogen) atoms. The largest absolute Gasteiger partial charge is 0.509 e. The Kier molecular flexibility index (Phi) is 13.3. The van der Waals surface area contributed by atoms with Crippen molar-refractivity contribution in [1.82, 2.24) is 0 Å². The third kappa shape index (κ3) is 7.03. The molecule has 0 aliphatic carbocycles. The minimum atomic E-state index is -0.725. The van der Waals surface area contributed by atoms with Crippen LogP contribution in [0.25, 0.3) is 88.0 Å². The first kappa shape index (κ1) is 53.5. The molecule has 1 aromatic heterocycles. The van der Waals surface area contributed by atoms with Crippen LogP contribution in [0.4, 0.5) is 0 Å². The number of benzene rings is 8. The van der Waals surface area contributed by atoms with Gasteiger partial charge in [0.1, 0.15) is 229 Å². The highest BCUT2D eigenvalue weighted by atomic mass is 16.3. The fourth-order valence-corrected chi connectivity index (χ4v) is 9.92. The van der Waals surface area contributed by atoms with Crippen molar-refractivity contribution in [3.63, 3.8) is 0 Å². The summed E-state index contributed by atoms with van der Waals surface area (Å²) in [6, 6.07) is 0. The van der Waals surface area contributed by atoms with E-state index in [2.05, 4.69) is 0 Å². The Morgan fingerprint density at radius 2 is 0.370 bits per heavy atom. The molecule has 0 saturated heterocycles. The smallest absolute Gasteiger partial charge is 0.128 e. The summed E-state index contributed by atoms with van der Waals surface area (Å²) in [6.07, 6.45) is 0. The van der Waals surface area contributed by atoms with Gasteiger partial charge in [-0.1, -0.05) is 87.4 Å². The number of hydrogen-bond donors (Lipinski definition) is 1. The Bertz CT molecular complexity index is 3980. The van der Waals surface area contributed by atoms with Gasteiger partial charge in [-0.3, -0.25) is 0 Å². The fourth-order valence-electron chi connectivity index (χ4n) is 9.92. The van der Waals surface area contributed by atoms with Crippen LogP contribution in [0.2, 0.25) is 0 Å². The number of fused-ring (bicyclic) bond motifs is 5. The third-order valence-electron chi connectivity index (χ3n) is 13.9. The average molecular weight is 853 g/mol. The van der Waals surface area contributed by atoms with Crippen LogP contribution >= 0.6 is 0 Å². The molecule has 9 aromatic rings. The van der Waals surface area contributed by atoms with E-state index in [1.165, 1.54) is 0 Å². The summed E-state index contributed by atoms with van der Waals surface area (Å²) in [5.41, 5.74) is -7.25. The molecular formula is C44HB27O2. The van der Waals surface area contributed by atoms with Gasteiger partial charge in [0.15, 0.2) is 0 Å². The second-order valence-electron chi connectivity index (χ2n) is 17.5. The SMILES string of the molecule is [B]c1c([B])c([B])c(-c2c([B])c([B])c([B])c([B])c2-c2c3c([B])c([B])c([B])c([B])c3c(-c3c([B])c([B])c(-c4c([B])c([B])c5c(oc6c([B])c([B])c([B])c([B])c65)c4[B])c([B])c3[B])c3c([B])c([B])c(O)c([B])c23)c([B])c1[B]. The molecule has 29 heteroatoms. The monoisotopic (exact) mass is 858 g/mol. The Morgan fingerprint density at radius 3 is 0.795 bits per heavy atom. The second-order valence-corrected chi connectivity index (χ2v) is 17.5. The average Bonchev–Trinajstić information content (AvgIpc) is 3.78. The number of phenolic OH excluding ortho intramolecular Hbond substituents is 1. The van der Waals surface area contributed by atoms with Crippen LogP contribution < -0.4 is 147 Å². The van der Waals surface area contributed by atoms with E-state index < -0.39 is 16.7 Å². The Labute approximate surface area is 459 Å². The first-order valence-electron chi connectivity index (χ1n) is 21.2. The molecule has 0 amide bonds. The molecule has 1 heterocycles. The zero-order chi connectivity index (χ0) is 54.1. The molecule has 0 aliphatic heterocycles. The highest BCUT2D eigenvalue weighted by Gasteiger charge is 2.32. The van der Waals surface area contributed by atoms with Gasteiger partial charge in [-0.25, -0.2) is 0 Å². The molecule has 0 fully saturated rings. The van der Waals surface area contributed by atoms with Gasteiger partial charge in [0, 0.05) is 10.8 Å². The van der Waals surface area contributed by atoms with Crippen molar-refractivity contribution in [2.75, 3.05) is 0 Å². The standard InChI is InChI=1S/C44HB27O2/c45-15-3-1(4-8(18(48)34(64)32(62)16(4)46)10-25(55)35(65)38(68)36(66)26(10)56)7-6(19(49)40(70)42(72)29(7)59)2(5(3)17(47)33(63)31(15)61)9-20(50)22(52)11(23(53)21(9)51)12-24(54)27(57)13-14-28(58)37(67)39(69)41(71)44(14)73-43(13)30(12)60/h72H. The van der Waals surface area contributed by atoms with Crippen molar-refractivity contribution in [1.29, 1.82) is 0 Å². The first-order chi connectivity index (χ1) is 34.0. The maximum Gasteiger partial charge on any atom is 0.128 e. The molecule has 2 nitrogen and oxygen atoms in total. The maximum atomic E-state index is 11.8. The molecule has 0 bridgehead atoms. The molecule has 270 valence electrons. The van der Waals surface area contributed by atoms with Gasteiger partial charge in [-0.15, -0.1) is 49.2 Å². The van der Waals surface area contributed by atoms with E-state index in [0.717, 1.165) is 0 Å². The van der Waals surface area contributed by atoms with Crippen molar-refractivity contribution in [2.24, 2.45) is 0 Å². The topological polar surface area (TPSA) is 33.4 Å². The summed E-state index contributed by atoms with van der Waals surface area (Å²) in [4.78, 5) is 0. The lowest BCUT2D eigenvalue weighted by molar-refractivity contribution is 0.485. The van der Waals surface area contributed by atoms with Crippen molar-refractivity contribution in [3.05, 3.63) is 0 Å². The zero-order valence-electron chi connectivity index (χ0n) is 38.4. The minimum absolute atomic E-state index is 0.00708. The first-order valence-corrected chi connectivity index (χ1v) is 21.2. The normalized spacial score (nSPS) is 11.7. The number of rotatable bonds is 4. The third-order valence-corrected chi connectivity index (χ3v) is 13.9. The fraction of sp³-hybridized carbons (Fsp3) is 0. The predicted octanol–water partition coefficient (Wildman–Crippen LogP) is -20.3. The van der Waals surface area contributed by atoms with E-state index in [0.29, 0.717) is 0 Å². The van der Waals surface area contributed by atoms with Crippen LogP contribution in [0.15, 0.2) is 4.42 Å². The Hall–Kier alpha value is -4.37. The molecule has 0 aliphatic rings. The Balaban J connectivity index is 1.53. The van der Waals surface area contributed by atoms with E-state index >= 15 is 0 Å². The summed E-state index contributed by atoms with van der Waals surface area (Å²) in [7, 11) is 181. The van der Waals surface area contributed by atoms with Crippen LogP contribution in [0.5, 0.6) is 5.75 Å². The molecular weight excluding hydrogens is 852 g/mol.